The Bertz CT molecular complexity index is 444. The van der Waals surface area contributed by atoms with Crippen LogP contribution in [-0.2, 0) is 4.79 Å². The normalized spacial score (nSPS) is 20.1. The first-order valence-corrected chi connectivity index (χ1v) is 5.84. The van der Waals surface area contributed by atoms with Crippen molar-refractivity contribution in [1.29, 1.82) is 0 Å². The van der Waals surface area contributed by atoms with Gasteiger partial charge in [0.2, 0.25) is 5.91 Å². The van der Waals surface area contributed by atoms with Crippen LogP contribution in [0.1, 0.15) is 6.42 Å². The zero-order valence-electron chi connectivity index (χ0n) is 8.79. The highest BCUT2D eigenvalue weighted by Gasteiger charge is 2.32. The Morgan fingerprint density at radius 2 is 2.18 bits per heavy atom. The van der Waals surface area contributed by atoms with Gasteiger partial charge in [0.05, 0.1) is 10.7 Å². The van der Waals surface area contributed by atoms with E-state index in [0.717, 1.165) is 6.07 Å². The van der Waals surface area contributed by atoms with Gasteiger partial charge in [-0.2, -0.15) is 0 Å². The second-order valence-corrected chi connectivity index (χ2v) is 4.82. The van der Waals surface area contributed by atoms with Crippen molar-refractivity contribution in [2.24, 2.45) is 5.92 Å². The molecule has 1 aliphatic heterocycles. The van der Waals surface area contributed by atoms with Crippen molar-refractivity contribution < 1.29 is 14.3 Å². The highest BCUT2D eigenvalue weighted by atomic mass is 35.5. The third-order valence-corrected chi connectivity index (χ3v) is 3.22. The molecule has 1 aromatic carbocycles. The van der Waals surface area contributed by atoms with Crippen molar-refractivity contribution in [2.45, 2.75) is 6.42 Å². The molecule has 1 aliphatic rings. The molecule has 1 aromatic rings. The SMILES string of the molecule is O=C1CC(CO)CN1c1c(F)cc(Cl)cc1Cl. The van der Waals surface area contributed by atoms with Crippen molar-refractivity contribution >= 4 is 34.8 Å². The van der Waals surface area contributed by atoms with Gasteiger partial charge in [-0.05, 0) is 12.1 Å². The van der Waals surface area contributed by atoms with Gasteiger partial charge in [0.15, 0.2) is 0 Å². The maximum Gasteiger partial charge on any atom is 0.227 e. The lowest BCUT2D eigenvalue weighted by molar-refractivity contribution is -0.117. The predicted octanol–water partition coefficient (Wildman–Crippen LogP) is 2.48. The van der Waals surface area contributed by atoms with E-state index >= 15 is 0 Å². The monoisotopic (exact) mass is 277 g/mol. The molecular formula is C11H10Cl2FNO2. The van der Waals surface area contributed by atoms with E-state index in [1.165, 1.54) is 11.0 Å². The van der Waals surface area contributed by atoms with Crippen LogP contribution in [-0.4, -0.2) is 24.2 Å². The van der Waals surface area contributed by atoms with Gasteiger partial charge >= 0.3 is 0 Å². The third kappa shape index (κ3) is 2.39. The van der Waals surface area contributed by atoms with E-state index in [2.05, 4.69) is 0 Å². The number of hydrogen-bond acceptors (Lipinski definition) is 2. The van der Waals surface area contributed by atoms with Gasteiger partial charge in [-0.25, -0.2) is 4.39 Å². The number of anilines is 1. The first-order valence-electron chi connectivity index (χ1n) is 5.08. The Morgan fingerprint density at radius 1 is 1.47 bits per heavy atom. The minimum atomic E-state index is -0.630. The molecule has 1 amide bonds. The molecule has 1 atom stereocenters. The summed E-state index contributed by atoms with van der Waals surface area (Å²) in [6.07, 6.45) is 0.203. The number of rotatable bonds is 2. The molecule has 0 spiro atoms. The molecule has 1 saturated heterocycles. The van der Waals surface area contributed by atoms with Crippen LogP contribution >= 0.6 is 23.2 Å². The van der Waals surface area contributed by atoms with Crippen molar-refractivity contribution in [3.8, 4) is 0 Å². The minimum absolute atomic E-state index is 0.0389. The van der Waals surface area contributed by atoms with Gasteiger partial charge in [0.1, 0.15) is 5.82 Å². The Hall–Kier alpha value is -0.840. The average Bonchev–Trinajstić information content (AvgIpc) is 2.59. The number of benzene rings is 1. The number of aliphatic hydroxyl groups excluding tert-OH is 1. The van der Waals surface area contributed by atoms with E-state index in [4.69, 9.17) is 28.3 Å². The fourth-order valence-electron chi connectivity index (χ4n) is 1.91. The average molecular weight is 278 g/mol. The van der Waals surface area contributed by atoms with Gasteiger partial charge in [-0.15, -0.1) is 0 Å². The molecule has 0 radical (unpaired) electrons. The zero-order chi connectivity index (χ0) is 12.6. The summed E-state index contributed by atoms with van der Waals surface area (Å²) in [6, 6.07) is 2.50. The van der Waals surface area contributed by atoms with Crippen LogP contribution in [0.4, 0.5) is 10.1 Å². The topological polar surface area (TPSA) is 40.5 Å². The highest BCUT2D eigenvalue weighted by Crippen LogP contribution is 2.35. The molecule has 0 aromatic heterocycles. The molecule has 0 saturated carbocycles. The van der Waals surface area contributed by atoms with Crippen LogP contribution in [0.2, 0.25) is 10.0 Å². The maximum atomic E-state index is 13.7. The van der Waals surface area contributed by atoms with Gasteiger partial charge in [-0.3, -0.25) is 4.79 Å². The van der Waals surface area contributed by atoms with Crippen LogP contribution in [0.3, 0.4) is 0 Å². The summed E-state index contributed by atoms with van der Waals surface area (Å²) >= 11 is 11.5. The summed E-state index contributed by atoms with van der Waals surface area (Å²) in [7, 11) is 0. The molecule has 1 heterocycles. The standard InChI is InChI=1S/C11H10Cl2FNO2/c12-7-2-8(13)11(9(14)3-7)15-4-6(5-16)1-10(15)17/h2-3,6,16H,1,4-5H2. The number of hydrogen-bond donors (Lipinski definition) is 1. The van der Waals surface area contributed by atoms with Crippen molar-refractivity contribution in [1.82, 2.24) is 0 Å². The van der Waals surface area contributed by atoms with Crippen LogP contribution in [0.25, 0.3) is 0 Å². The number of halogens is 3. The Balaban J connectivity index is 2.38. The predicted molar refractivity (Wildman–Crippen MR) is 64.0 cm³/mol. The highest BCUT2D eigenvalue weighted by molar-refractivity contribution is 6.36. The van der Waals surface area contributed by atoms with Crippen LogP contribution < -0.4 is 4.90 Å². The molecule has 17 heavy (non-hydrogen) atoms. The van der Waals surface area contributed by atoms with E-state index in [-0.39, 0.29) is 47.1 Å². The molecule has 1 fully saturated rings. The first kappa shape index (κ1) is 12.6. The largest absolute Gasteiger partial charge is 0.396 e. The third-order valence-electron chi connectivity index (χ3n) is 2.71. The number of carbonyl (C=O) groups is 1. The molecule has 2 rings (SSSR count). The van der Waals surface area contributed by atoms with Crippen molar-refractivity contribution in [2.75, 3.05) is 18.1 Å². The molecule has 3 nitrogen and oxygen atoms in total. The lowest BCUT2D eigenvalue weighted by Gasteiger charge is -2.18. The second kappa shape index (κ2) is 4.80. The quantitative estimate of drug-likeness (QED) is 0.902. The summed E-state index contributed by atoms with van der Waals surface area (Å²) in [5.74, 6) is -1.05. The molecule has 1 unspecified atom stereocenters. The molecule has 0 aliphatic carbocycles. The van der Waals surface area contributed by atoms with Crippen LogP contribution in [0.5, 0.6) is 0 Å². The summed E-state index contributed by atoms with van der Waals surface area (Å²) in [6.45, 7) is 0.169. The van der Waals surface area contributed by atoms with Gasteiger partial charge in [0.25, 0.3) is 0 Å². The molecular weight excluding hydrogens is 268 g/mol. The van der Waals surface area contributed by atoms with E-state index in [9.17, 15) is 9.18 Å². The number of nitrogens with zero attached hydrogens (tertiary/aromatic N) is 1. The fourth-order valence-corrected chi connectivity index (χ4v) is 2.48. The summed E-state index contributed by atoms with van der Waals surface area (Å²) in [5, 5.41) is 9.29. The summed E-state index contributed by atoms with van der Waals surface area (Å²) in [4.78, 5) is 12.9. The van der Waals surface area contributed by atoms with E-state index < -0.39 is 5.82 Å². The van der Waals surface area contributed by atoms with E-state index in [0.29, 0.717) is 0 Å². The Kier molecular flexibility index (Phi) is 3.56. The Labute approximate surface area is 108 Å². The molecule has 92 valence electrons. The zero-order valence-corrected chi connectivity index (χ0v) is 10.3. The maximum absolute atomic E-state index is 13.7. The fraction of sp³-hybridized carbons (Fsp3) is 0.364. The number of carbonyl (C=O) groups excluding carboxylic acids is 1. The van der Waals surface area contributed by atoms with Crippen molar-refractivity contribution in [3.05, 3.63) is 28.0 Å². The van der Waals surface area contributed by atoms with Gasteiger partial charge in [-0.1, -0.05) is 23.2 Å². The molecule has 6 heteroatoms. The molecule has 1 N–H and O–H groups in total. The second-order valence-electron chi connectivity index (χ2n) is 3.98. The lowest BCUT2D eigenvalue weighted by Crippen LogP contribution is -2.26. The van der Waals surface area contributed by atoms with Crippen LogP contribution in [0.15, 0.2) is 12.1 Å². The van der Waals surface area contributed by atoms with Crippen LogP contribution in [0, 0.1) is 11.7 Å². The lowest BCUT2D eigenvalue weighted by atomic mass is 10.1. The smallest absolute Gasteiger partial charge is 0.227 e. The van der Waals surface area contributed by atoms with E-state index in [1.54, 1.807) is 0 Å². The summed E-state index contributed by atoms with van der Waals surface area (Å²) < 4.78 is 13.7. The summed E-state index contributed by atoms with van der Waals surface area (Å²) in [5.41, 5.74) is 0.0389. The molecule has 0 bridgehead atoms. The minimum Gasteiger partial charge on any atom is -0.396 e. The van der Waals surface area contributed by atoms with Gasteiger partial charge in [0, 0.05) is 30.5 Å². The Morgan fingerprint density at radius 3 is 2.71 bits per heavy atom. The van der Waals surface area contributed by atoms with E-state index in [1.807, 2.05) is 0 Å². The van der Waals surface area contributed by atoms with Crippen molar-refractivity contribution in [3.63, 3.8) is 0 Å². The van der Waals surface area contributed by atoms with Gasteiger partial charge < -0.3 is 10.0 Å². The number of amides is 1. The number of aliphatic hydroxyl groups is 1. The first-order chi connectivity index (χ1) is 8.02.